The van der Waals surface area contributed by atoms with Gasteiger partial charge in [0.05, 0.1) is 6.10 Å². The van der Waals surface area contributed by atoms with Crippen molar-refractivity contribution in [2.75, 3.05) is 12.1 Å². The number of hydrogen-bond donors (Lipinski definition) is 1. The number of amides is 1. The zero-order chi connectivity index (χ0) is 23.5. The molecule has 0 atom stereocenters. The van der Waals surface area contributed by atoms with E-state index < -0.39 is 5.91 Å². The zero-order valence-corrected chi connectivity index (χ0v) is 19.0. The Labute approximate surface area is 192 Å². The Kier molecular flexibility index (Phi) is 6.09. The fourth-order valence-corrected chi connectivity index (χ4v) is 3.78. The van der Waals surface area contributed by atoms with Gasteiger partial charge in [-0.2, -0.15) is 5.26 Å². The number of aromatic nitrogens is 1. The van der Waals surface area contributed by atoms with Crippen molar-refractivity contribution in [2.24, 2.45) is 0 Å². The number of carbonyl (C=O) groups is 1. The fraction of sp³-hybridized carbons (Fsp3) is 0.231. The van der Waals surface area contributed by atoms with E-state index in [1.165, 1.54) is 0 Å². The van der Waals surface area contributed by atoms with Crippen LogP contribution in [0.4, 0.5) is 5.69 Å². The average Bonchev–Trinajstić information content (AvgIpc) is 3.34. The minimum absolute atomic E-state index is 0.0103. The van der Waals surface area contributed by atoms with E-state index in [1.54, 1.807) is 24.3 Å². The van der Waals surface area contributed by atoms with Crippen molar-refractivity contribution < 1.29 is 19.0 Å². The number of carbonyl (C=O) groups excluding carboxylic acids is 1. The third-order valence-corrected chi connectivity index (χ3v) is 5.21. The first kappa shape index (κ1) is 22.0. The fourth-order valence-electron chi connectivity index (χ4n) is 3.78. The molecule has 0 aliphatic carbocycles. The van der Waals surface area contributed by atoms with Gasteiger partial charge in [-0.05, 0) is 69.7 Å². The molecule has 4 rings (SSSR count). The molecule has 0 fully saturated rings. The number of fused-ring (bicyclic) bond motifs is 1. The molecule has 3 aromatic rings. The molecule has 0 saturated heterocycles. The lowest BCUT2D eigenvalue weighted by atomic mass is 10.1. The predicted octanol–water partition coefficient (Wildman–Crippen LogP) is 5.16. The standard InChI is InChI=1S/C26H25N3O4/c1-16(2)33-23-7-5-6-21(12-23)28-26(30)20(14-27)11-19-10-17(3)29(18(19)4)22-8-9-24-25(13-22)32-15-31-24/h5-13,16H,15H2,1-4H3,(H,28,30)/b20-11-. The maximum atomic E-state index is 12.8. The molecule has 0 unspecified atom stereocenters. The summed E-state index contributed by atoms with van der Waals surface area (Å²) in [4.78, 5) is 12.8. The van der Waals surface area contributed by atoms with Gasteiger partial charge in [0.2, 0.25) is 6.79 Å². The molecule has 1 N–H and O–H groups in total. The Balaban J connectivity index is 1.59. The van der Waals surface area contributed by atoms with E-state index >= 15 is 0 Å². The quantitative estimate of drug-likeness (QED) is 0.420. The third kappa shape index (κ3) is 4.70. The van der Waals surface area contributed by atoms with E-state index in [0.29, 0.717) is 22.9 Å². The molecule has 33 heavy (non-hydrogen) atoms. The van der Waals surface area contributed by atoms with Crippen LogP contribution < -0.4 is 19.5 Å². The van der Waals surface area contributed by atoms with Crippen LogP contribution in [-0.4, -0.2) is 23.4 Å². The molecule has 0 radical (unpaired) electrons. The zero-order valence-electron chi connectivity index (χ0n) is 19.0. The second kappa shape index (κ2) is 9.13. The van der Waals surface area contributed by atoms with Crippen LogP contribution in [0.5, 0.6) is 17.2 Å². The van der Waals surface area contributed by atoms with Crippen LogP contribution in [0.2, 0.25) is 0 Å². The smallest absolute Gasteiger partial charge is 0.266 e. The van der Waals surface area contributed by atoms with Crippen LogP contribution in [0.15, 0.2) is 54.1 Å². The van der Waals surface area contributed by atoms with E-state index in [4.69, 9.17) is 14.2 Å². The minimum atomic E-state index is -0.480. The number of nitriles is 1. The van der Waals surface area contributed by atoms with Gasteiger partial charge in [-0.3, -0.25) is 4.79 Å². The van der Waals surface area contributed by atoms with Gasteiger partial charge < -0.3 is 24.1 Å². The lowest BCUT2D eigenvalue weighted by molar-refractivity contribution is -0.112. The summed E-state index contributed by atoms with van der Waals surface area (Å²) in [6, 6.07) is 16.8. The molecule has 2 heterocycles. The summed E-state index contributed by atoms with van der Waals surface area (Å²) in [6.07, 6.45) is 1.63. The summed E-state index contributed by atoms with van der Waals surface area (Å²) in [7, 11) is 0. The number of ether oxygens (including phenoxy) is 3. The van der Waals surface area contributed by atoms with Crippen molar-refractivity contribution >= 4 is 17.7 Å². The molecule has 0 bridgehead atoms. The highest BCUT2D eigenvalue weighted by molar-refractivity contribution is 6.09. The molecule has 168 valence electrons. The van der Waals surface area contributed by atoms with Crippen molar-refractivity contribution in [2.45, 2.75) is 33.8 Å². The molecule has 1 aliphatic rings. The Morgan fingerprint density at radius 2 is 1.94 bits per heavy atom. The van der Waals surface area contributed by atoms with Gasteiger partial charge in [0.1, 0.15) is 17.4 Å². The normalized spacial score (nSPS) is 12.5. The Morgan fingerprint density at radius 1 is 1.15 bits per heavy atom. The maximum absolute atomic E-state index is 12.8. The van der Waals surface area contributed by atoms with Crippen LogP contribution in [0, 0.1) is 25.2 Å². The van der Waals surface area contributed by atoms with Gasteiger partial charge >= 0.3 is 0 Å². The van der Waals surface area contributed by atoms with Crippen molar-refractivity contribution in [3.05, 3.63) is 71.1 Å². The van der Waals surface area contributed by atoms with E-state index in [2.05, 4.69) is 5.32 Å². The molecule has 0 saturated carbocycles. The van der Waals surface area contributed by atoms with Crippen LogP contribution in [0.25, 0.3) is 11.8 Å². The number of nitrogens with one attached hydrogen (secondary N) is 1. The van der Waals surface area contributed by atoms with Crippen molar-refractivity contribution in [3.63, 3.8) is 0 Å². The lowest BCUT2D eigenvalue weighted by Crippen LogP contribution is -2.14. The van der Waals surface area contributed by atoms with Gasteiger partial charge in [-0.25, -0.2) is 0 Å². The molecule has 1 aromatic heterocycles. The molecular weight excluding hydrogens is 418 g/mol. The second-order valence-corrected chi connectivity index (χ2v) is 8.02. The Morgan fingerprint density at radius 3 is 2.70 bits per heavy atom. The largest absolute Gasteiger partial charge is 0.491 e. The van der Waals surface area contributed by atoms with Crippen LogP contribution in [0.1, 0.15) is 30.8 Å². The van der Waals surface area contributed by atoms with Gasteiger partial charge in [-0.1, -0.05) is 6.07 Å². The number of rotatable bonds is 6. The molecule has 2 aromatic carbocycles. The highest BCUT2D eigenvalue weighted by atomic mass is 16.7. The highest BCUT2D eigenvalue weighted by Gasteiger charge is 2.18. The predicted molar refractivity (Wildman–Crippen MR) is 126 cm³/mol. The van der Waals surface area contributed by atoms with Gasteiger partial charge in [-0.15, -0.1) is 0 Å². The van der Waals surface area contributed by atoms with Gasteiger partial charge in [0.15, 0.2) is 11.5 Å². The van der Waals surface area contributed by atoms with Crippen LogP contribution in [0.3, 0.4) is 0 Å². The summed E-state index contributed by atoms with van der Waals surface area (Å²) in [5, 5.41) is 12.4. The topological polar surface area (TPSA) is 85.5 Å². The third-order valence-electron chi connectivity index (χ3n) is 5.21. The van der Waals surface area contributed by atoms with E-state index in [-0.39, 0.29) is 18.5 Å². The highest BCUT2D eigenvalue weighted by Crippen LogP contribution is 2.35. The Bertz CT molecular complexity index is 1280. The van der Waals surface area contributed by atoms with Crippen LogP contribution in [-0.2, 0) is 4.79 Å². The molecule has 0 spiro atoms. The molecule has 7 heteroatoms. The minimum Gasteiger partial charge on any atom is -0.491 e. The summed E-state index contributed by atoms with van der Waals surface area (Å²) in [6.45, 7) is 8.00. The van der Waals surface area contributed by atoms with Crippen molar-refractivity contribution in [1.82, 2.24) is 4.57 Å². The number of aryl methyl sites for hydroxylation is 1. The van der Waals surface area contributed by atoms with Crippen molar-refractivity contribution in [3.8, 4) is 29.0 Å². The van der Waals surface area contributed by atoms with Crippen molar-refractivity contribution in [1.29, 1.82) is 5.26 Å². The van der Waals surface area contributed by atoms with E-state index in [1.807, 2.05) is 68.7 Å². The SMILES string of the molecule is Cc1cc(/C=C(/C#N)C(=O)Nc2cccc(OC(C)C)c2)c(C)n1-c1ccc2c(c1)OCO2. The Hall–Kier alpha value is -4.18. The van der Waals surface area contributed by atoms with Gasteiger partial charge in [0, 0.05) is 34.9 Å². The summed E-state index contributed by atoms with van der Waals surface area (Å²) < 4.78 is 18.6. The molecule has 1 amide bonds. The van der Waals surface area contributed by atoms with E-state index in [0.717, 1.165) is 22.6 Å². The molecule has 1 aliphatic heterocycles. The second-order valence-electron chi connectivity index (χ2n) is 8.02. The maximum Gasteiger partial charge on any atom is 0.266 e. The summed E-state index contributed by atoms with van der Waals surface area (Å²) in [5.41, 5.74) is 4.14. The van der Waals surface area contributed by atoms with Gasteiger partial charge in [0.25, 0.3) is 5.91 Å². The lowest BCUT2D eigenvalue weighted by Gasteiger charge is -2.11. The van der Waals surface area contributed by atoms with E-state index in [9.17, 15) is 10.1 Å². The monoisotopic (exact) mass is 443 g/mol. The first-order valence-corrected chi connectivity index (χ1v) is 10.6. The first-order valence-electron chi connectivity index (χ1n) is 10.6. The number of hydrogen-bond acceptors (Lipinski definition) is 5. The number of benzene rings is 2. The average molecular weight is 444 g/mol. The summed E-state index contributed by atoms with van der Waals surface area (Å²) >= 11 is 0. The number of nitrogens with zero attached hydrogens (tertiary/aromatic N) is 2. The number of anilines is 1. The molecule has 7 nitrogen and oxygen atoms in total. The van der Waals surface area contributed by atoms with Crippen LogP contribution >= 0.6 is 0 Å². The first-order chi connectivity index (χ1) is 15.9. The summed E-state index contributed by atoms with van der Waals surface area (Å²) in [5.74, 6) is 1.58. The molecular formula is C26H25N3O4.